The summed E-state index contributed by atoms with van der Waals surface area (Å²) in [6.45, 7) is 22.9. The van der Waals surface area contributed by atoms with Crippen molar-refractivity contribution in [1.82, 2.24) is 0 Å². The van der Waals surface area contributed by atoms with Crippen LogP contribution in [0.1, 0.15) is 94.4 Å². The van der Waals surface area contributed by atoms with Crippen LogP contribution in [0.4, 0.5) is 0 Å². The standard InChI is InChI=1S/C23H44/c1-15(2)12-13-23-14-17(4)18(5)20(7)22(8,9)21(23)11-10-16(3)19(23)6/h15-21H,10-14H2,1-9H3. The summed E-state index contributed by atoms with van der Waals surface area (Å²) in [5, 5.41) is 0. The van der Waals surface area contributed by atoms with Crippen LogP contribution in [0, 0.1) is 52.3 Å². The highest BCUT2D eigenvalue weighted by Crippen LogP contribution is 2.64. The second-order valence-corrected chi connectivity index (χ2v) is 10.7. The largest absolute Gasteiger partial charge is 0.0628 e. The van der Waals surface area contributed by atoms with Crippen molar-refractivity contribution in [3.63, 3.8) is 0 Å². The lowest BCUT2D eigenvalue weighted by molar-refractivity contribution is -0.0841. The van der Waals surface area contributed by atoms with E-state index in [1.807, 2.05) is 0 Å². The quantitative estimate of drug-likeness (QED) is 0.507. The van der Waals surface area contributed by atoms with Crippen LogP contribution in [-0.2, 0) is 0 Å². The van der Waals surface area contributed by atoms with E-state index >= 15 is 0 Å². The molecule has 136 valence electrons. The van der Waals surface area contributed by atoms with Crippen LogP contribution in [0.3, 0.4) is 0 Å². The van der Waals surface area contributed by atoms with Crippen LogP contribution in [0.15, 0.2) is 0 Å². The molecule has 2 saturated carbocycles. The zero-order chi connectivity index (χ0) is 17.6. The van der Waals surface area contributed by atoms with E-state index in [9.17, 15) is 0 Å². The fourth-order valence-electron chi connectivity index (χ4n) is 6.63. The lowest BCUT2D eigenvalue weighted by Crippen LogP contribution is -2.50. The van der Waals surface area contributed by atoms with Gasteiger partial charge in [-0.25, -0.2) is 0 Å². The van der Waals surface area contributed by atoms with Crippen LogP contribution in [0.2, 0.25) is 0 Å². The average Bonchev–Trinajstić information content (AvgIpc) is 2.52. The summed E-state index contributed by atoms with van der Waals surface area (Å²) in [6.07, 6.45) is 7.28. The monoisotopic (exact) mass is 320 g/mol. The fraction of sp³-hybridized carbons (Fsp3) is 1.00. The van der Waals surface area contributed by atoms with Crippen LogP contribution in [-0.4, -0.2) is 0 Å². The SMILES string of the molecule is CC(C)CCC12CC(C)C(C)C(C)C(C)(C)C1CCC(C)C2C. The third-order valence-electron chi connectivity index (χ3n) is 9.01. The van der Waals surface area contributed by atoms with Gasteiger partial charge >= 0.3 is 0 Å². The van der Waals surface area contributed by atoms with Gasteiger partial charge in [-0.2, -0.15) is 0 Å². The predicted octanol–water partition coefficient (Wildman–Crippen LogP) is 7.43. The van der Waals surface area contributed by atoms with Crippen LogP contribution >= 0.6 is 0 Å². The van der Waals surface area contributed by atoms with Crippen LogP contribution in [0.5, 0.6) is 0 Å². The molecule has 0 radical (unpaired) electrons. The van der Waals surface area contributed by atoms with Gasteiger partial charge in [0.25, 0.3) is 0 Å². The molecule has 0 amide bonds. The van der Waals surface area contributed by atoms with Gasteiger partial charge in [-0.15, -0.1) is 0 Å². The zero-order valence-electron chi connectivity index (χ0n) is 17.6. The summed E-state index contributed by atoms with van der Waals surface area (Å²) >= 11 is 0. The molecule has 0 N–H and O–H groups in total. The topological polar surface area (TPSA) is 0 Å². The highest BCUT2D eigenvalue weighted by molar-refractivity contribution is 5.06. The van der Waals surface area contributed by atoms with E-state index < -0.39 is 0 Å². The average molecular weight is 321 g/mol. The third-order valence-corrected chi connectivity index (χ3v) is 9.01. The maximum Gasteiger partial charge on any atom is -0.0233 e. The van der Waals surface area contributed by atoms with E-state index in [2.05, 4.69) is 62.3 Å². The van der Waals surface area contributed by atoms with Gasteiger partial charge in [-0.3, -0.25) is 0 Å². The number of fused-ring (bicyclic) bond motifs is 1. The summed E-state index contributed by atoms with van der Waals surface area (Å²) in [6, 6.07) is 0. The molecule has 0 heteroatoms. The summed E-state index contributed by atoms with van der Waals surface area (Å²) < 4.78 is 0. The van der Waals surface area contributed by atoms with Gasteiger partial charge in [0, 0.05) is 0 Å². The minimum atomic E-state index is 0.482. The van der Waals surface area contributed by atoms with E-state index in [1.165, 1.54) is 32.1 Å². The smallest absolute Gasteiger partial charge is 0.0233 e. The minimum Gasteiger partial charge on any atom is -0.0628 e. The number of hydrogen-bond acceptors (Lipinski definition) is 0. The fourth-order valence-corrected chi connectivity index (χ4v) is 6.63. The summed E-state index contributed by atoms with van der Waals surface area (Å²) in [7, 11) is 0. The molecule has 0 aromatic carbocycles. The van der Waals surface area contributed by atoms with Gasteiger partial charge in [0.15, 0.2) is 0 Å². The van der Waals surface area contributed by atoms with Gasteiger partial charge in [-0.1, -0.05) is 75.2 Å². The lowest BCUT2D eigenvalue weighted by atomic mass is 9.47. The first-order valence-electron chi connectivity index (χ1n) is 10.5. The first-order valence-corrected chi connectivity index (χ1v) is 10.5. The van der Waals surface area contributed by atoms with Crippen molar-refractivity contribution >= 4 is 0 Å². The second kappa shape index (κ2) is 6.72. The first kappa shape index (κ1) is 19.3. The third kappa shape index (κ3) is 3.25. The van der Waals surface area contributed by atoms with Gasteiger partial charge < -0.3 is 0 Å². The van der Waals surface area contributed by atoms with Crippen LogP contribution in [0.25, 0.3) is 0 Å². The predicted molar refractivity (Wildman–Crippen MR) is 103 cm³/mol. The molecule has 23 heavy (non-hydrogen) atoms. The summed E-state index contributed by atoms with van der Waals surface area (Å²) in [5.41, 5.74) is 1.07. The molecule has 0 spiro atoms. The van der Waals surface area contributed by atoms with Gasteiger partial charge in [0.2, 0.25) is 0 Å². The van der Waals surface area contributed by atoms with Crippen molar-refractivity contribution < 1.29 is 0 Å². The molecular weight excluding hydrogens is 276 g/mol. The second-order valence-electron chi connectivity index (χ2n) is 10.7. The Morgan fingerprint density at radius 3 is 2.04 bits per heavy atom. The Hall–Kier alpha value is 0. The molecule has 0 aromatic heterocycles. The molecular formula is C23H44. The Labute approximate surface area is 147 Å². The van der Waals surface area contributed by atoms with Gasteiger partial charge in [-0.05, 0) is 71.5 Å². The maximum atomic E-state index is 2.61. The summed E-state index contributed by atoms with van der Waals surface area (Å²) in [5.74, 6) is 6.12. The van der Waals surface area contributed by atoms with Crippen LogP contribution < -0.4 is 0 Å². The molecule has 0 bridgehead atoms. The highest BCUT2D eigenvalue weighted by atomic mass is 14.6. The first-order chi connectivity index (χ1) is 10.5. The molecule has 2 aliphatic rings. The maximum absolute atomic E-state index is 2.61. The Balaban J connectivity index is 2.49. The van der Waals surface area contributed by atoms with E-state index in [-0.39, 0.29) is 0 Å². The van der Waals surface area contributed by atoms with Crippen molar-refractivity contribution in [3.8, 4) is 0 Å². The molecule has 0 heterocycles. The van der Waals surface area contributed by atoms with Gasteiger partial charge in [0.1, 0.15) is 0 Å². The van der Waals surface area contributed by atoms with Crippen molar-refractivity contribution in [2.75, 3.05) is 0 Å². The number of rotatable bonds is 3. The molecule has 2 fully saturated rings. The molecule has 0 saturated heterocycles. The Kier molecular flexibility index (Phi) is 5.65. The molecule has 2 aliphatic carbocycles. The lowest BCUT2D eigenvalue weighted by Gasteiger charge is -2.57. The molecule has 2 rings (SSSR count). The Morgan fingerprint density at radius 2 is 1.48 bits per heavy atom. The van der Waals surface area contributed by atoms with E-state index in [4.69, 9.17) is 0 Å². The Morgan fingerprint density at radius 1 is 0.870 bits per heavy atom. The van der Waals surface area contributed by atoms with Gasteiger partial charge in [0.05, 0.1) is 0 Å². The van der Waals surface area contributed by atoms with Crippen molar-refractivity contribution in [2.24, 2.45) is 52.3 Å². The molecule has 0 nitrogen and oxygen atoms in total. The molecule has 0 aromatic rings. The van der Waals surface area contributed by atoms with Crippen molar-refractivity contribution in [2.45, 2.75) is 94.4 Å². The Bertz CT molecular complexity index is 393. The normalized spacial score (nSPS) is 47.2. The van der Waals surface area contributed by atoms with Crippen molar-refractivity contribution in [3.05, 3.63) is 0 Å². The molecule has 7 atom stereocenters. The minimum absolute atomic E-state index is 0.482. The molecule has 0 aliphatic heterocycles. The van der Waals surface area contributed by atoms with E-state index in [0.717, 1.165) is 41.4 Å². The van der Waals surface area contributed by atoms with E-state index in [0.29, 0.717) is 10.8 Å². The molecule has 7 unspecified atom stereocenters. The van der Waals surface area contributed by atoms with E-state index in [1.54, 1.807) is 0 Å². The zero-order valence-corrected chi connectivity index (χ0v) is 17.6. The number of hydrogen-bond donors (Lipinski definition) is 0. The highest BCUT2D eigenvalue weighted by Gasteiger charge is 2.57. The summed E-state index contributed by atoms with van der Waals surface area (Å²) in [4.78, 5) is 0. The van der Waals surface area contributed by atoms with Crippen molar-refractivity contribution in [1.29, 1.82) is 0 Å².